The lowest BCUT2D eigenvalue weighted by Gasteiger charge is -2.22. The number of hydrogen-bond donors (Lipinski definition) is 3. The summed E-state index contributed by atoms with van der Waals surface area (Å²) >= 11 is 0. The molecule has 0 aromatic heterocycles. The molecule has 0 aliphatic heterocycles. The molecular formula is C85H165NO5. The van der Waals surface area contributed by atoms with Gasteiger partial charge in [0.25, 0.3) is 0 Å². The van der Waals surface area contributed by atoms with Gasteiger partial charge in [-0.25, -0.2) is 0 Å². The number of carbonyl (C=O) groups excluding carboxylic acids is 2. The molecule has 6 heteroatoms. The second-order valence-electron chi connectivity index (χ2n) is 29.2. The van der Waals surface area contributed by atoms with Gasteiger partial charge in [0.1, 0.15) is 0 Å². The predicted molar refractivity (Wildman–Crippen MR) is 403 cm³/mol. The lowest BCUT2D eigenvalue weighted by molar-refractivity contribution is -0.143. The van der Waals surface area contributed by atoms with E-state index in [2.05, 4.69) is 43.5 Å². The summed E-state index contributed by atoms with van der Waals surface area (Å²) in [5.41, 5.74) is 0. The van der Waals surface area contributed by atoms with Crippen LogP contribution >= 0.6 is 0 Å². The van der Waals surface area contributed by atoms with Gasteiger partial charge in [0.05, 0.1) is 25.4 Å². The summed E-state index contributed by atoms with van der Waals surface area (Å²) in [6.07, 6.45) is 104. The third-order valence-corrected chi connectivity index (χ3v) is 20.0. The summed E-state index contributed by atoms with van der Waals surface area (Å²) in [5, 5.41) is 23.4. The van der Waals surface area contributed by atoms with Crippen molar-refractivity contribution in [2.24, 2.45) is 0 Å². The molecule has 0 fully saturated rings. The van der Waals surface area contributed by atoms with Gasteiger partial charge in [-0.15, -0.1) is 0 Å². The Balaban J connectivity index is 3.28. The van der Waals surface area contributed by atoms with E-state index < -0.39 is 12.1 Å². The molecule has 0 spiro atoms. The number of esters is 1. The first-order valence-corrected chi connectivity index (χ1v) is 42.1. The molecule has 0 aliphatic carbocycles. The molecule has 91 heavy (non-hydrogen) atoms. The second kappa shape index (κ2) is 80.8. The largest absolute Gasteiger partial charge is 0.466 e. The van der Waals surface area contributed by atoms with E-state index in [0.29, 0.717) is 25.9 Å². The van der Waals surface area contributed by atoms with Crippen molar-refractivity contribution in [1.82, 2.24) is 5.32 Å². The zero-order chi connectivity index (χ0) is 65.6. The Labute approximate surface area is 571 Å². The number of amides is 1. The van der Waals surface area contributed by atoms with Crippen LogP contribution in [0.1, 0.15) is 483 Å². The van der Waals surface area contributed by atoms with Crippen molar-refractivity contribution in [3.8, 4) is 0 Å². The first-order chi connectivity index (χ1) is 45.0. The van der Waals surface area contributed by atoms with E-state index >= 15 is 0 Å². The highest BCUT2D eigenvalue weighted by Crippen LogP contribution is 2.21. The minimum Gasteiger partial charge on any atom is -0.466 e. The molecular weight excluding hydrogens is 1110 g/mol. The lowest BCUT2D eigenvalue weighted by Crippen LogP contribution is -2.45. The number of rotatable bonds is 80. The molecule has 0 saturated carbocycles. The van der Waals surface area contributed by atoms with Crippen LogP contribution in [-0.4, -0.2) is 47.4 Å². The number of carbonyl (C=O) groups is 2. The summed E-state index contributed by atoms with van der Waals surface area (Å²) in [7, 11) is 0. The van der Waals surface area contributed by atoms with Crippen LogP contribution in [0.25, 0.3) is 0 Å². The summed E-state index contributed by atoms with van der Waals surface area (Å²) in [4.78, 5) is 24.7. The smallest absolute Gasteiger partial charge is 0.305 e. The number of aliphatic hydroxyl groups is 2. The van der Waals surface area contributed by atoms with E-state index in [-0.39, 0.29) is 18.5 Å². The minimum atomic E-state index is -0.660. The molecule has 3 N–H and O–H groups in total. The summed E-state index contributed by atoms with van der Waals surface area (Å²) < 4.78 is 5.52. The van der Waals surface area contributed by atoms with Crippen molar-refractivity contribution in [2.45, 2.75) is 495 Å². The Bertz CT molecular complexity index is 1430. The Morgan fingerprint density at radius 3 is 0.857 bits per heavy atom. The van der Waals surface area contributed by atoms with Gasteiger partial charge < -0.3 is 20.3 Å². The van der Waals surface area contributed by atoms with E-state index in [0.717, 1.165) is 44.9 Å². The fourth-order valence-corrected chi connectivity index (χ4v) is 13.6. The van der Waals surface area contributed by atoms with Crippen LogP contribution in [0.15, 0.2) is 24.3 Å². The van der Waals surface area contributed by atoms with Crippen molar-refractivity contribution >= 4 is 11.9 Å². The molecule has 2 unspecified atom stereocenters. The van der Waals surface area contributed by atoms with Crippen LogP contribution < -0.4 is 5.32 Å². The van der Waals surface area contributed by atoms with Gasteiger partial charge in [0.2, 0.25) is 5.91 Å². The topological polar surface area (TPSA) is 95.9 Å². The maximum absolute atomic E-state index is 12.5. The van der Waals surface area contributed by atoms with Crippen molar-refractivity contribution in [1.29, 1.82) is 0 Å². The van der Waals surface area contributed by atoms with Crippen LogP contribution in [0.3, 0.4) is 0 Å². The molecule has 2 atom stereocenters. The monoisotopic (exact) mass is 1280 g/mol. The number of ether oxygens (including phenoxy) is 1. The van der Waals surface area contributed by atoms with E-state index in [1.807, 2.05) is 0 Å². The number of unbranched alkanes of at least 4 members (excludes halogenated alkanes) is 65. The average Bonchev–Trinajstić information content (AvgIpc) is 3.67. The van der Waals surface area contributed by atoms with Gasteiger partial charge in [-0.3, -0.25) is 9.59 Å². The highest BCUT2D eigenvalue weighted by molar-refractivity contribution is 5.76. The Morgan fingerprint density at radius 2 is 0.549 bits per heavy atom. The fraction of sp³-hybridized carbons (Fsp3) is 0.929. The average molecular weight is 1280 g/mol. The van der Waals surface area contributed by atoms with Gasteiger partial charge in [-0.2, -0.15) is 0 Å². The highest BCUT2D eigenvalue weighted by Gasteiger charge is 2.20. The van der Waals surface area contributed by atoms with Gasteiger partial charge in [-0.1, -0.05) is 436 Å². The number of aliphatic hydroxyl groups excluding tert-OH is 2. The van der Waals surface area contributed by atoms with Crippen LogP contribution in [-0.2, 0) is 14.3 Å². The standard InChI is InChI=1S/C85H165NO5/c1-3-5-7-9-11-13-15-17-19-21-43-47-51-55-59-63-67-71-75-79-85(90)91-80-76-72-68-64-60-56-52-48-45-42-40-38-36-34-32-30-28-26-24-22-23-25-27-29-31-33-35-37-39-41-44-46-50-54-58-62-66-70-74-78-84(89)86-82(81-87)83(88)77-73-69-65-61-57-53-49-20-18-16-14-12-10-8-6-4-2/h11,13,17,19,82-83,87-88H,3-10,12,14-16,18,20-81H2,1-2H3,(H,86,89)/b13-11-,19-17-. The van der Waals surface area contributed by atoms with E-state index in [1.165, 1.54) is 405 Å². The molecule has 0 radical (unpaired) electrons. The number of hydrogen-bond acceptors (Lipinski definition) is 5. The molecule has 0 aromatic rings. The van der Waals surface area contributed by atoms with E-state index in [1.54, 1.807) is 0 Å². The molecule has 0 rings (SSSR count). The number of nitrogens with one attached hydrogen (secondary N) is 1. The summed E-state index contributed by atoms with van der Waals surface area (Å²) in [6.45, 7) is 4.98. The van der Waals surface area contributed by atoms with Gasteiger partial charge in [0.15, 0.2) is 0 Å². The SMILES string of the molecule is CCCCC/C=C\C/C=C\CCCCCCCCCCCC(=O)OCCCCCCCCCCCCCCCCCCCCCCCCCCCCCCCCCCCCCCCCCC(=O)NC(CO)C(O)CCCCCCCCCCCCCCCCCC. The fourth-order valence-electron chi connectivity index (χ4n) is 13.6. The van der Waals surface area contributed by atoms with Crippen LogP contribution in [0, 0.1) is 0 Å². The molecule has 1 amide bonds. The van der Waals surface area contributed by atoms with E-state index in [9.17, 15) is 19.8 Å². The highest BCUT2D eigenvalue weighted by atomic mass is 16.5. The van der Waals surface area contributed by atoms with Crippen LogP contribution in [0.4, 0.5) is 0 Å². The quantitative estimate of drug-likeness (QED) is 0.0320. The van der Waals surface area contributed by atoms with Crippen molar-refractivity contribution in [2.75, 3.05) is 13.2 Å². The van der Waals surface area contributed by atoms with Gasteiger partial charge in [0, 0.05) is 12.8 Å². The molecule has 0 saturated heterocycles. The Morgan fingerprint density at radius 1 is 0.308 bits per heavy atom. The Kier molecular flexibility index (Phi) is 79.3. The van der Waals surface area contributed by atoms with Crippen LogP contribution in [0.5, 0.6) is 0 Å². The van der Waals surface area contributed by atoms with Gasteiger partial charge in [-0.05, 0) is 57.8 Å². The van der Waals surface area contributed by atoms with Crippen molar-refractivity contribution in [3.63, 3.8) is 0 Å². The third-order valence-electron chi connectivity index (χ3n) is 20.0. The number of allylic oxidation sites excluding steroid dienone is 4. The first kappa shape index (κ1) is 89.3. The van der Waals surface area contributed by atoms with Crippen LogP contribution in [0.2, 0.25) is 0 Å². The van der Waals surface area contributed by atoms with Gasteiger partial charge >= 0.3 is 5.97 Å². The zero-order valence-electron chi connectivity index (χ0n) is 62.1. The zero-order valence-corrected chi connectivity index (χ0v) is 62.1. The maximum atomic E-state index is 12.5. The molecule has 540 valence electrons. The first-order valence-electron chi connectivity index (χ1n) is 42.1. The summed E-state index contributed by atoms with van der Waals surface area (Å²) in [5.74, 6) is -0.00323. The molecule has 0 heterocycles. The van der Waals surface area contributed by atoms with E-state index in [4.69, 9.17) is 4.74 Å². The normalized spacial score (nSPS) is 12.5. The Hall–Kier alpha value is -1.66. The molecule has 0 aliphatic rings. The third kappa shape index (κ3) is 77.2. The lowest BCUT2D eigenvalue weighted by atomic mass is 10.0. The molecule has 0 aromatic carbocycles. The molecule has 6 nitrogen and oxygen atoms in total. The van der Waals surface area contributed by atoms with Crippen molar-refractivity contribution in [3.05, 3.63) is 24.3 Å². The maximum Gasteiger partial charge on any atom is 0.305 e. The molecule has 0 bridgehead atoms. The predicted octanol–water partition coefficient (Wildman–Crippen LogP) is 28.0. The minimum absolute atomic E-state index is 0.0213. The van der Waals surface area contributed by atoms with Crippen molar-refractivity contribution < 1.29 is 24.5 Å². The summed E-state index contributed by atoms with van der Waals surface area (Å²) in [6, 6.07) is -0.536. The second-order valence-corrected chi connectivity index (χ2v) is 29.2.